The first-order valence-corrected chi connectivity index (χ1v) is 7.51. The second-order valence-corrected chi connectivity index (χ2v) is 5.61. The highest BCUT2D eigenvalue weighted by Gasteiger charge is 2.13. The zero-order valence-corrected chi connectivity index (χ0v) is 12.7. The Hall–Kier alpha value is -2.32. The average molecular weight is 320 g/mol. The van der Waals surface area contributed by atoms with Gasteiger partial charge >= 0.3 is 0 Å². The van der Waals surface area contributed by atoms with Crippen LogP contribution in [0.15, 0.2) is 34.2 Å². The largest absolute Gasteiger partial charge is 0.396 e. The van der Waals surface area contributed by atoms with Crippen molar-refractivity contribution in [3.8, 4) is 0 Å². The highest BCUT2D eigenvalue weighted by Crippen LogP contribution is 2.17. The number of nitrogen functional groups attached to an aromatic ring is 1. The Morgan fingerprint density at radius 1 is 1.41 bits per heavy atom. The van der Waals surface area contributed by atoms with Crippen molar-refractivity contribution in [2.75, 3.05) is 23.4 Å². The van der Waals surface area contributed by atoms with Crippen LogP contribution in [-0.4, -0.2) is 33.3 Å². The van der Waals surface area contributed by atoms with Gasteiger partial charge in [0, 0.05) is 11.3 Å². The van der Waals surface area contributed by atoms with Gasteiger partial charge in [0.05, 0.1) is 6.61 Å². The van der Waals surface area contributed by atoms with Crippen LogP contribution in [0.3, 0.4) is 0 Å². The van der Waals surface area contributed by atoms with Gasteiger partial charge in [0.25, 0.3) is 11.5 Å². The van der Waals surface area contributed by atoms with E-state index in [9.17, 15) is 9.59 Å². The SMILES string of the molecule is Cc1ccc(C(=O)Nc2c(N)nc(SCCO)[nH]c2=O)cc1. The number of aryl methyl sites for hydroxylation is 1. The third-order valence-electron chi connectivity index (χ3n) is 2.81. The van der Waals surface area contributed by atoms with E-state index in [1.54, 1.807) is 24.3 Å². The molecule has 116 valence electrons. The van der Waals surface area contributed by atoms with Gasteiger partial charge in [-0.25, -0.2) is 4.98 Å². The number of aliphatic hydroxyl groups is 1. The van der Waals surface area contributed by atoms with Gasteiger partial charge in [0.2, 0.25) is 0 Å². The fourth-order valence-electron chi connectivity index (χ4n) is 1.69. The molecule has 0 saturated carbocycles. The van der Waals surface area contributed by atoms with Crippen LogP contribution in [0, 0.1) is 6.92 Å². The number of anilines is 2. The van der Waals surface area contributed by atoms with Crippen LogP contribution in [0.5, 0.6) is 0 Å². The van der Waals surface area contributed by atoms with Crippen LogP contribution in [0.1, 0.15) is 15.9 Å². The lowest BCUT2D eigenvalue weighted by molar-refractivity contribution is 0.102. The summed E-state index contributed by atoms with van der Waals surface area (Å²) in [4.78, 5) is 30.6. The van der Waals surface area contributed by atoms with Gasteiger partial charge in [0.15, 0.2) is 11.0 Å². The summed E-state index contributed by atoms with van der Waals surface area (Å²) in [6, 6.07) is 6.92. The van der Waals surface area contributed by atoms with E-state index in [0.717, 1.165) is 17.3 Å². The lowest BCUT2D eigenvalue weighted by Gasteiger charge is -2.08. The van der Waals surface area contributed by atoms with Crippen molar-refractivity contribution in [3.63, 3.8) is 0 Å². The first kappa shape index (κ1) is 16.1. The van der Waals surface area contributed by atoms with E-state index in [-0.39, 0.29) is 18.1 Å². The van der Waals surface area contributed by atoms with Gasteiger partial charge in [-0.15, -0.1) is 0 Å². The summed E-state index contributed by atoms with van der Waals surface area (Å²) >= 11 is 1.16. The Labute approximate surface area is 131 Å². The van der Waals surface area contributed by atoms with Crippen LogP contribution in [0.4, 0.5) is 11.5 Å². The number of nitrogens with two attached hydrogens (primary N) is 1. The number of aliphatic hydroxyl groups excluding tert-OH is 1. The Morgan fingerprint density at radius 2 is 2.09 bits per heavy atom. The maximum atomic E-state index is 12.1. The smallest absolute Gasteiger partial charge is 0.277 e. The molecule has 0 fully saturated rings. The van der Waals surface area contributed by atoms with E-state index in [1.165, 1.54) is 0 Å². The molecule has 2 rings (SSSR count). The fourth-order valence-corrected chi connectivity index (χ4v) is 2.30. The number of rotatable bonds is 5. The maximum absolute atomic E-state index is 12.1. The predicted octanol–water partition coefficient (Wildman–Crippen LogP) is 0.997. The van der Waals surface area contributed by atoms with Gasteiger partial charge in [-0.2, -0.15) is 0 Å². The molecule has 0 saturated heterocycles. The zero-order valence-electron chi connectivity index (χ0n) is 11.9. The number of hydrogen-bond acceptors (Lipinski definition) is 6. The van der Waals surface area contributed by atoms with Crippen molar-refractivity contribution in [1.82, 2.24) is 9.97 Å². The van der Waals surface area contributed by atoms with E-state index in [1.807, 2.05) is 6.92 Å². The molecule has 0 radical (unpaired) electrons. The first-order chi connectivity index (χ1) is 10.5. The number of benzene rings is 1. The second kappa shape index (κ2) is 7.10. The lowest BCUT2D eigenvalue weighted by atomic mass is 10.1. The number of aromatic nitrogens is 2. The number of carbonyl (C=O) groups excluding carboxylic acids is 1. The van der Waals surface area contributed by atoms with E-state index in [2.05, 4.69) is 15.3 Å². The van der Waals surface area contributed by atoms with Crippen molar-refractivity contribution in [2.24, 2.45) is 0 Å². The molecule has 0 spiro atoms. The molecule has 22 heavy (non-hydrogen) atoms. The summed E-state index contributed by atoms with van der Waals surface area (Å²) in [5, 5.41) is 11.5. The molecule has 2 aromatic rings. The van der Waals surface area contributed by atoms with Gasteiger partial charge in [-0.1, -0.05) is 29.5 Å². The maximum Gasteiger partial charge on any atom is 0.277 e. The summed E-state index contributed by atoms with van der Waals surface area (Å²) in [7, 11) is 0. The topological polar surface area (TPSA) is 121 Å². The third-order valence-corrected chi connectivity index (χ3v) is 3.66. The number of H-pyrrole nitrogens is 1. The average Bonchev–Trinajstić information content (AvgIpc) is 2.49. The van der Waals surface area contributed by atoms with E-state index in [0.29, 0.717) is 16.5 Å². The summed E-state index contributed by atoms with van der Waals surface area (Å²) in [6.45, 7) is 1.87. The number of amides is 1. The van der Waals surface area contributed by atoms with E-state index in [4.69, 9.17) is 10.8 Å². The molecular formula is C14H16N4O3S. The molecular weight excluding hydrogens is 304 g/mol. The van der Waals surface area contributed by atoms with Gasteiger partial charge in [-0.05, 0) is 19.1 Å². The molecule has 5 N–H and O–H groups in total. The number of carbonyl (C=O) groups is 1. The molecule has 1 amide bonds. The van der Waals surface area contributed by atoms with Gasteiger partial charge in [0.1, 0.15) is 5.69 Å². The normalized spacial score (nSPS) is 10.5. The molecule has 0 atom stereocenters. The number of nitrogens with one attached hydrogen (secondary N) is 2. The monoisotopic (exact) mass is 320 g/mol. The summed E-state index contributed by atoms with van der Waals surface area (Å²) in [6.07, 6.45) is 0. The first-order valence-electron chi connectivity index (χ1n) is 6.52. The number of thioether (sulfide) groups is 1. The minimum Gasteiger partial charge on any atom is -0.396 e. The molecule has 0 aliphatic rings. The minimum atomic E-state index is -0.534. The Bertz CT molecular complexity index is 728. The van der Waals surface area contributed by atoms with Crippen LogP contribution >= 0.6 is 11.8 Å². The van der Waals surface area contributed by atoms with Crippen LogP contribution in [0.25, 0.3) is 0 Å². The highest BCUT2D eigenvalue weighted by molar-refractivity contribution is 7.99. The van der Waals surface area contributed by atoms with Crippen LogP contribution in [0.2, 0.25) is 0 Å². The lowest BCUT2D eigenvalue weighted by Crippen LogP contribution is -2.23. The van der Waals surface area contributed by atoms with E-state index >= 15 is 0 Å². The van der Waals surface area contributed by atoms with Crippen molar-refractivity contribution in [3.05, 3.63) is 45.7 Å². The standard InChI is InChI=1S/C14H16N4O3S/c1-8-2-4-9(5-3-8)12(20)16-10-11(15)17-14(18-13(10)21)22-7-6-19/h2-5,19H,6-7H2,1H3,(H,16,20)(H3,15,17,18,21). The van der Waals surface area contributed by atoms with Crippen LogP contribution < -0.4 is 16.6 Å². The van der Waals surface area contributed by atoms with Crippen LogP contribution in [-0.2, 0) is 0 Å². The molecule has 0 aliphatic carbocycles. The Kier molecular flexibility index (Phi) is 5.18. The summed E-state index contributed by atoms with van der Waals surface area (Å²) in [5.74, 6) is -0.114. The van der Waals surface area contributed by atoms with Gasteiger partial charge in [-0.3, -0.25) is 14.6 Å². The molecule has 0 aliphatic heterocycles. The molecule has 7 nitrogen and oxygen atoms in total. The third kappa shape index (κ3) is 3.86. The number of hydrogen-bond donors (Lipinski definition) is 4. The molecule has 1 heterocycles. The van der Waals surface area contributed by atoms with Crippen molar-refractivity contribution in [1.29, 1.82) is 0 Å². The van der Waals surface area contributed by atoms with Crippen molar-refractivity contribution in [2.45, 2.75) is 12.1 Å². The molecule has 0 bridgehead atoms. The van der Waals surface area contributed by atoms with Gasteiger partial charge < -0.3 is 16.2 Å². The quantitative estimate of drug-likeness (QED) is 0.482. The summed E-state index contributed by atoms with van der Waals surface area (Å²) < 4.78 is 0. The minimum absolute atomic E-state index is 0.0415. The second-order valence-electron chi connectivity index (χ2n) is 4.52. The molecule has 1 aromatic heterocycles. The van der Waals surface area contributed by atoms with Crippen molar-refractivity contribution < 1.29 is 9.90 Å². The van der Waals surface area contributed by atoms with Crippen molar-refractivity contribution >= 4 is 29.2 Å². The number of aromatic amines is 1. The summed E-state index contributed by atoms with van der Waals surface area (Å²) in [5.41, 5.74) is 6.55. The Balaban J connectivity index is 2.20. The molecule has 8 heteroatoms. The zero-order chi connectivity index (χ0) is 16.1. The number of nitrogens with zero attached hydrogens (tertiary/aromatic N) is 1. The fraction of sp³-hybridized carbons (Fsp3) is 0.214. The Morgan fingerprint density at radius 3 is 2.68 bits per heavy atom. The van der Waals surface area contributed by atoms with E-state index < -0.39 is 11.5 Å². The highest BCUT2D eigenvalue weighted by atomic mass is 32.2. The molecule has 0 unspecified atom stereocenters. The predicted molar refractivity (Wildman–Crippen MR) is 86.2 cm³/mol. The molecule has 1 aromatic carbocycles.